The van der Waals surface area contributed by atoms with Gasteiger partial charge in [-0.3, -0.25) is 9.59 Å². The Morgan fingerprint density at radius 1 is 0.862 bits per heavy atom. The molecule has 144 valence electrons. The van der Waals surface area contributed by atoms with Gasteiger partial charge in [-0.15, -0.1) is 0 Å². The molecular formula is C23H16ClFN2O2. The highest BCUT2D eigenvalue weighted by atomic mass is 35.5. The van der Waals surface area contributed by atoms with Crippen LogP contribution >= 0.6 is 11.6 Å². The molecule has 3 aromatic rings. The summed E-state index contributed by atoms with van der Waals surface area (Å²) in [5.41, 5.74) is 2.91. The Morgan fingerprint density at radius 3 is 2.17 bits per heavy atom. The number of rotatable bonds is 4. The van der Waals surface area contributed by atoms with Crippen LogP contribution in [0.3, 0.4) is 0 Å². The maximum absolute atomic E-state index is 13.3. The molecule has 2 amide bonds. The molecule has 0 aromatic heterocycles. The second-order valence-electron chi connectivity index (χ2n) is 6.62. The summed E-state index contributed by atoms with van der Waals surface area (Å²) < 4.78 is 13.3. The van der Waals surface area contributed by atoms with E-state index >= 15 is 0 Å². The summed E-state index contributed by atoms with van der Waals surface area (Å²) in [6, 6.07) is 19.4. The van der Waals surface area contributed by atoms with Crippen LogP contribution in [0, 0.1) is 12.7 Å². The maximum Gasteiger partial charge on any atom is 0.282 e. The van der Waals surface area contributed by atoms with E-state index in [1.807, 2.05) is 31.2 Å². The fraction of sp³-hybridized carbons (Fsp3) is 0.0435. The molecule has 4 rings (SSSR count). The van der Waals surface area contributed by atoms with Crippen molar-refractivity contribution in [3.8, 4) is 0 Å². The van der Waals surface area contributed by atoms with Crippen molar-refractivity contribution < 1.29 is 14.0 Å². The van der Waals surface area contributed by atoms with E-state index in [9.17, 15) is 14.0 Å². The van der Waals surface area contributed by atoms with Crippen LogP contribution in [-0.2, 0) is 9.59 Å². The SMILES string of the molecule is Cc1ccccc1NC1=C(c2ccc(Cl)cc2)C(=O)N(c2ccc(F)cc2)C1=O. The standard InChI is InChI=1S/C23H16ClFN2O2/c1-14-4-2-3-5-19(14)26-21-20(15-6-8-16(24)9-7-15)22(28)27(23(21)29)18-12-10-17(25)11-13-18/h2-13,26H,1H3. The van der Waals surface area contributed by atoms with Gasteiger partial charge in [-0.2, -0.15) is 0 Å². The van der Waals surface area contributed by atoms with E-state index in [2.05, 4.69) is 5.32 Å². The molecule has 0 unspecified atom stereocenters. The molecule has 0 saturated carbocycles. The van der Waals surface area contributed by atoms with Gasteiger partial charge < -0.3 is 5.32 Å². The van der Waals surface area contributed by atoms with Crippen molar-refractivity contribution >= 4 is 40.4 Å². The normalized spacial score (nSPS) is 14.0. The highest BCUT2D eigenvalue weighted by Gasteiger charge is 2.40. The molecule has 0 aliphatic carbocycles. The Balaban J connectivity index is 1.83. The number of carbonyl (C=O) groups excluding carboxylic acids is 2. The van der Waals surface area contributed by atoms with Crippen molar-refractivity contribution in [3.05, 3.63) is 100 Å². The number of carbonyl (C=O) groups is 2. The molecule has 1 aliphatic heterocycles. The first-order valence-electron chi connectivity index (χ1n) is 8.93. The number of hydrogen-bond acceptors (Lipinski definition) is 3. The number of hydrogen-bond donors (Lipinski definition) is 1. The lowest BCUT2D eigenvalue weighted by Gasteiger charge is -2.15. The molecule has 0 saturated heterocycles. The minimum absolute atomic E-state index is 0.163. The Kier molecular flexibility index (Phi) is 4.91. The van der Waals surface area contributed by atoms with Crippen molar-refractivity contribution in [2.24, 2.45) is 0 Å². The van der Waals surface area contributed by atoms with Crippen LogP contribution in [-0.4, -0.2) is 11.8 Å². The zero-order valence-corrected chi connectivity index (χ0v) is 16.2. The molecule has 29 heavy (non-hydrogen) atoms. The lowest BCUT2D eigenvalue weighted by molar-refractivity contribution is -0.120. The van der Waals surface area contributed by atoms with Gasteiger partial charge in [0, 0.05) is 10.7 Å². The highest BCUT2D eigenvalue weighted by molar-refractivity contribution is 6.46. The van der Waals surface area contributed by atoms with Gasteiger partial charge in [0.1, 0.15) is 11.5 Å². The third-order valence-electron chi connectivity index (χ3n) is 4.71. The van der Waals surface area contributed by atoms with E-state index in [1.54, 1.807) is 24.3 Å². The van der Waals surface area contributed by atoms with Gasteiger partial charge in [0.2, 0.25) is 0 Å². The van der Waals surface area contributed by atoms with Crippen molar-refractivity contribution in [2.45, 2.75) is 6.92 Å². The number of nitrogens with one attached hydrogen (secondary N) is 1. The third kappa shape index (κ3) is 3.52. The van der Waals surface area contributed by atoms with Crippen LogP contribution in [0.4, 0.5) is 15.8 Å². The molecule has 1 aliphatic rings. The predicted octanol–water partition coefficient (Wildman–Crippen LogP) is 5.18. The minimum Gasteiger partial charge on any atom is -0.350 e. The van der Waals surface area contributed by atoms with E-state index in [0.29, 0.717) is 16.3 Å². The molecular weight excluding hydrogens is 391 g/mol. The smallest absolute Gasteiger partial charge is 0.282 e. The predicted molar refractivity (Wildman–Crippen MR) is 112 cm³/mol. The first-order valence-corrected chi connectivity index (χ1v) is 9.31. The number of nitrogens with zero attached hydrogens (tertiary/aromatic N) is 1. The van der Waals surface area contributed by atoms with Crippen LogP contribution in [0.5, 0.6) is 0 Å². The summed E-state index contributed by atoms with van der Waals surface area (Å²) in [7, 11) is 0. The molecule has 6 heteroatoms. The zero-order valence-electron chi connectivity index (χ0n) is 15.4. The van der Waals surface area contributed by atoms with Crippen LogP contribution in [0.1, 0.15) is 11.1 Å². The van der Waals surface area contributed by atoms with Crippen molar-refractivity contribution in [1.29, 1.82) is 0 Å². The molecule has 4 nitrogen and oxygen atoms in total. The number of imide groups is 1. The van der Waals surface area contributed by atoms with Crippen LogP contribution < -0.4 is 10.2 Å². The first kappa shape index (κ1) is 18.9. The monoisotopic (exact) mass is 406 g/mol. The quantitative estimate of drug-likeness (QED) is 0.607. The second-order valence-corrected chi connectivity index (χ2v) is 7.06. The summed E-state index contributed by atoms with van der Waals surface area (Å²) in [5, 5.41) is 3.65. The summed E-state index contributed by atoms with van der Waals surface area (Å²) in [5.74, 6) is -1.44. The number of halogens is 2. The molecule has 0 fully saturated rings. The van der Waals surface area contributed by atoms with Crippen LogP contribution in [0.15, 0.2) is 78.5 Å². The number of anilines is 2. The summed E-state index contributed by atoms with van der Waals surface area (Å²) >= 11 is 5.98. The van der Waals surface area contributed by atoms with Crippen molar-refractivity contribution in [2.75, 3.05) is 10.2 Å². The molecule has 1 N–H and O–H groups in total. The van der Waals surface area contributed by atoms with E-state index in [4.69, 9.17) is 11.6 Å². The largest absolute Gasteiger partial charge is 0.350 e. The number of aryl methyl sites for hydroxylation is 1. The average Bonchev–Trinajstić information content (AvgIpc) is 2.95. The van der Waals surface area contributed by atoms with Crippen molar-refractivity contribution in [3.63, 3.8) is 0 Å². The molecule has 0 radical (unpaired) electrons. The number of benzene rings is 3. The lowest BCUT2D eigenvalue weighted by atomic mass is 10.0. The Morgan fingerprint density at radius 2 is 1.52 bits per heavy atom. The van der Waals surface area contributed by atoms with Crippen LogP contribution in [0.2, 0.25) is 5.02 Å². The highest BCUT2D eigenvalue weighted by Crippen LogP contribution is 2.34. The van der Waals surface area contributed by atoms with Gasteiger partial charge in [0.15, 0.2) is 0 Å². The molecule has 1 heterocycles. The third-order valence-corrected chi connectivity index (χ3v) is 4.96. The first-order chi connectivity index (χ1) is 14.0. The van der Waals surface area contributed by atoms with Gasteiger partial charge in [0.25, 0.3) is 11.8 Å². The molecule has 3 aromatic carbocycles. The van der Waals surface area contributed by atoms with Gasteiger partial charge in [0.05, 0.1) is 11.3 Å². The van der Waals surface area contributed by atoms with E-state index < -0.39 is 17.6 Å². The number of amides is 2. The van der Waals surface area contributed by atoms with E-state index in [1.165, 1.54) is 24.3 Å². The van der Waals surface area contributed by atoms with Crippen LogP contribution in [0.25, 0.3) is 5.57 Å². The lowest BCUT2D eigenvalue weighted by Crippen LogP contribution is -2.32. The summed E-state index contributed by atoms with van der Waals surface area (Å²) in [6.45, 7) is 1.91. The Labute approximate surface area is 172 Å². The fourth-order valence-electron chi connectivity index (χ4n) is 3.20. The van der Waals surface area contributed by atoms with Gasteiger partial charge in [-0.25, -0.2) is 9.29 Å². The summed E-state index contributed by atoms with van der Waals surface area (Å²) in [6.07, 6.45) is 0. The molecule has 0 spiro atoms. The van der Waals surface area contributed by atoms with E-state index in [0.717, 1.165) is 16.2 Å². The average molecular weight is 407 g/mol. The Hall–Kier alpha value is -3.44. The van der Waals surface area contributed by atoms with Gasteiger partial charge in [-0.05, 0) is 60.5 Å². The second kappa shape index (κ2) is 7.53. The minimum atomic E-state index is -0.505. The molecule has 0 bridgehead atoms. The zero-order chi connectivity index (χ0) is 20.5. The van der Waals surface area contributed by atoms with Gasteiger partial charge in [-0.1, -0.05) is 41.9 Å². The topological polar surface area (TPSA) is 49.4 Å². The summed E-state index contributed by atoms with van der Waals surface area (Å²) in [4.78, 5) is 27.5. The number of para-hydroxylation sites is 1. The molecule has 0 atom stereocenters. The maximum atomic E-state index is 13.3. The van der Waals surface area contributed by atoms with E-state index in [-0.39, 0.29) is 11.3 Å². The van der Waals surface area contributed by atoms with Crippen molar-refractivity contribution in [1.82, 2.24) is 0 Å². The fourth-order valence-corrected chi connectivity index (χ4v) is 3.33. The Bertz CT molecular complexity index is 1140. The van der Waals surface area contributed by atoms with Gasteiger partial charge >= 0.3 is 0 Å².